The highest BCUT2D eigenvalue weighted by molar-refractivity contribution is 14.0. The van der Waals surface area contributed by atoms with Crippen molar-refractivity contribution in [3.8, 4) is 0 Å². The number of hydrogen-bond donors (Lipinski definition) is 1. The molecular formula is C14H20ClIN6. The van der Waals surface area contributed by atoms with Crippen LogP contribution in [0.3, 0.4) is 0 Å². The molecule has 0 saturated heterocycles. The molecule has 0 aliphatic carbocycles. The quantitative estimate of drug-likeness (QED) is 0.445. The van der Waals surface area contributed by atoms with Crippen molar-refractivity contribution in [3.63, 3.8) is 0 Å². The van der Waals surface area contributed by atoms with Crippen LogP contribution in [-0.4, -0.2) is 46.3 Å². The van der Waals surface area contributed by atoms with Crippen molar-refractivity contribution in [1.29, 1.82) is 0 Å². The van der Waals surface area contributed by atoms with Crippen molar-refractivity contribution in [3.05, 3.63) is 47.5 Å². The molecule has 6 nitrogen and oxygen atoms in total. The molecular weight excluding hydrogens is 415 g/mol. The molecule has 22 heavy (non-hydrogen) atoms. The molecule has 1 aromatic carbocycles. The molecule has 0 saturated carbocycles. The summed E-state index contributed by atoms with van der Waals surface area (Å²) in [7, 11) is 3.77. The van der Waals surface area contributed by atoms with Gasteiger partial charge in [0.2, 0.25) is 0 Å². The first kappa shape index (κ1) is 18.7. The molecule has 0 bridgehead atoms. The van der Waals surface area contributed by atoms with Crippen molar-refractivity contribution < 1.29 is 0 Å². The summed E-state index contributed by atoms with van der Waals surface area (Å²) in [5.41, 5.74) is 1.18. The van der Waals surface area contributed by atoms with Crippen LogP contribution >= 0.6 is 35.6 Å². The lowest BCUT2D eigenvalue weighted by Crippen LogP contribution is -2.39. The van der Waals surface area contributed by atoms with Crippen molar-refractivity contribution in [2.75, 3.05) is 20.6 Å². The summed E-state index contributed by atoms with van der Waals surface area (Å²) in [4.78, 5) is 10.3. The molecule has 2 rings (SSSR count). The lowest BCUT2D eigenvalue weighted by molar-refractivity contribution is 0.470. The van der Waals surface area contributed by atoms with Gasteiger partial charge in [0.15, 0.2) is 5.96 Å². The second-order valence-corrected chi connectivity index (χ2v) is 5.05. The van der Waals surface area contributed by atoms with Crippen molar-refractivity contribution >= 4 is 41.5 Å². The zero-order valence-electron chi connectivity index (χ0n) is 12.6. The van der Waals surface area contributed by atoms with Crippen LogP contribution < -0.4 is 5.32 Å². The third kappa shape index (κ3) is 5.80. The Hall–Kier alpha value is -1.35. The Morgan fingerprint density at radius 1 is 1.36 bits per heavy atom. The zero-order valence-corrected chi connectivity index (χ0v) is 15.7. The number of nitrogens with one attached hydrogen (secondary N) is 1. The van der Waals surface area contributed by atoms with E-state index in [0.717, 1.165) is 30.6 Å². The Bertz CT molecular complexity index is 570. The molecule has 0 unspecified atom stereocenters. The van der Waals surface area contributed by atoms with Crippen LogP contribution in [-0.2, 0) is 13.1 Å². The van der Waals surface area contributed by atoms with E-state index in [4.69, 9.17) is 11.6 Å². The molecule has 0 aliphatic rings. The van der Waals surface area contributed by atoms with E-state index in [0.29, 0.717) is 0 Å². The summed E-state index contributed by atoms with van der Waals surface area (Å²) in [5.74, 6) is 0.838. The molecule has 0 amide bonds. The topological polar surface area (TPSA) is 58.3 Å². The van der Waals surface area contributed by atoms with Gasteiger partial charge < -0.3 is 10.2 Å². The first-order chi connectivity index (χ1) is 10.2. The number of aromatic nitrogens is 3. The summed E-state index contributed by atoms with van der Waals surface area (Å²) in [6, 6.07) is 7.82. The van der Waals surface area contributed by atoms with Gasteiger partial charge in [-0.1, -0.05) is 23.7 Å². The number of aliphatic imine (C=N–C) groups is 1. The van der Waals surface area contributed by atoms with Crippen molar-refractivity contribution in [2.45, 2.75) is 13.1 Å². The molecule has 1 heterocycles. The third-order valence-electron chi connectivity index (χ3n) is 3.00. The van der Waals surface area contributed by atoms with Crippen molar-refractivity contribution in [1.82, 2.24) is 25.0 Å². The van der Waals surface area contributed by atoms with E-state index in [1.807, 2.05) is 31.3 Å². The number of guanidine groups is 1. The molecule has 1 N–H and O–H groups in total. The van der Waals surface area contributed by atoms with Crippen LogP contribution in [0.5, 0.6) is 0 Å². The molecule has 0 fully saturated rings. The second-order valence-electron chi connectivity index (χ2n) is 4.62. The largest absolute Gasteiger partial charge is 0.354 e. The predicted molar refractivity (Wildman–Crippen MR) is 99.7 cm³/mol. The maximum absolute atomic E-state index is 5.89. The highest BCUT2D eigenvalue weighted by Gasteiger charge is 2.06. The first-order valence-electron chi connectivity index (χ1n) is 6.67. The summed E-state index contributed by atoms with van der Waals surface area (Å²) in [6.07, 6.45) is 3.23. The maximum atomic E-state index is 5.89. The number of hydrogen-bond acceptors (Lipinski definition) is 3. The number of halogens is 2. The fourth-order valence-corrected chi connectivity index (χ4v) is 2.08. The average molecular weight is 435 g/mol. The molecule has 1 aromatic heterocycles. The van der Waals surface area contributed by atoms with Crippen LogP contribution in [0.15, 0.2) is 41.9 Å². The predicted octanol–water partition coefficient (Wildman–Crippen LogP) is 2.26. The highest BCUT2D eigenvalue weighted by atomic mass is 127. The van der Waals surface area contributed by atoms with E-state index in [9.17, 15) is 0 Å². The van der Waals surface area contributed by atoms with E-state index in [1.165, 1.54) is 11.9 Å². The van der Waals surface area contributed by atoms with E-state index >= 15 is 0 Å². The minimum atomic E-state index is 0. The van der Waals surface area contributed by atoms with Gasteiger partial charge in [0.05, 0.1) is 6.54 Å². The van der Waals surface area contributed by atoms with Crippen molar-refractivity contribution in [2.24, 2.45) is 4.99 Å². The van der Waals surface area contributed by atoms with Crippen LogP contribution in [0.1, 0.15) is 5.56 Å². The molecule has 0 radical (unpaired) electrons. The fraction of sp³-hybridized carbons (Fsp3) is 0.357. The maximum Gasteiger partial charge on any atom is 0.193 e. The van der Waals surface area contributed by atoms with Gasteiger partial charge in [0, 0.05) is 32.2 Å². The molecule has 0 spiro atoms. The lowest BCUT2D eigenvalue weighted by atomic mass is 10.2. The summed E-state index contributed by atoms with van der Waals surface area (Å²) in [6.45, 7) is 2.25. The van der Waals surface area contributed by atoms with E-state index in [1.54, 1.807) is 18.1 Å². The molecule has 0 aliphatic heterocycles. The number of benzene rings is 1. The van der Waals surface area contributed by atoms with Gasteiger partial charge in [-0.25, -0.2) is 4.98 Å². The molecule has 8 heteroatoms. The molecule has 120 valence electrons. The normalized spacial score (nSPS) is 11.0. The zero-order chi connectivity index (χ0) is 15.1. The van der Waals surface area contributed by atoms with Crippen LogP contribution in [0.25, 0.3) is 0 Å². The van der Waals surface area contributed by atoms with Gasteiger partial charge in [-0.15, -0.1) is 24.0 Å². The standard InChI is InChI=1S/C14H19ClN6.HI/c1-16-14(18-7-8-21-11-17-10-19-21)20(2)9-12-3-5-13(15)6-4-12;/h3-6,10-11H,7-9H2,1-2H3,(H,16,18);1H. The van der Waals surface area contributed by atoms with E-state index in [2.05, 4.69) is 25.3 Å². The van der Waals surface area contributed by atoms with Gasteiger partial charge in [-0.2, -0.15) is 5.10 Å². The van der Waals surface area contributed by atoms with Gasteiger partial charge in [0.25, 0.3) is 0 Å². The third-order valence-corrected chi connectivity index (χ3v) is 3.25. The first-order valence-corrected chi connectivity index (χ1v) is 7.05. The van der Waals surface area contributed by atoms with Crippen LogP contribution in [0.2, 0.25) is 5.02 Å². The van der Waals surface area contributed by atoms with Crippen LogP contribution in [0, 0.1) is 0 Å². The second kappa shape index (κ2) is 9.62. The Morgan fingerprint density at radius 2 is 2.09 bits per heavy atom. The number of rotatable bonds is 5. The fourth-order valence-electron chi connectivity index (χ4n) is 1.95. The Kier molecular flexibility index (Phi) is 8.18. The lowest BCUT2D eigenvalue weighted by Gasteiger charge is -2.22. The minimum absolute atomic E-state index is 0. The summed E-state index contributed by atoms with van der Waals surface area (Å²) < 4.78 is 1.78. The van der Waals surface area contributed by atoms with Gasteiger partial charge in [-0.3, -0.25) is 9.67 Å². The van der Waals surface area contributed by atoms with Crippen LogP contribution in [0.4, 0.5) is 0 Å². The Balaban J connectivity index is 0.00000242. The summed E-state index contributed by atoms with van der Waals surface area (Å²) >= 11 is 5.89. The molecule has 2 aromatic rings. The minimum Gasteiger partial charge on any atom is -0.354 e. The monoisotopic (exact) mass is 434 g/mol. The van der Waals surface area contributed by atoms with E-state index in [-0.39, 0.29) is 24.0 Å². The summed E-state index contributed by atoms with van der Waals surface area (Å²) in [5, 5.41) is 8.11. The van der Waals surface area contributed by atoms with E-state index < -0.39 is 0 Å². The highest BCUT2D eigenvalue weighted by Crippen LogP contribution is 2.10. The number of nitrogens with zero attached hydrogens (tertiary/aromatic N) is 5. The van der Waals surface area contributed by atoms with Gasteiger partial charge in [0.1, 0.15) is 12.7 Å². The smallest absolute Gasteiger partial charge is 0.193 e. The van der Waals surface area contributed by atoms with Gasteiger partial charge >= 0.3 is 0 Å². The Morgan fingerprint density at radius 3 is 2.68 bits per heavy atom. The average Bonchev–Trinajstić information content (AvgIpc) is 2.99. The molecule has 0 atom stereocenters. The Labute approximate surface area is 152 Å². The van der Waals surface area contributed by atoms with Gasteiger partial charge in [-0.05, 0) is 17.7 Å². The SMILES string of the molecule is CN=C(NCCn1cncn1)N(C)Cc1ccc(Cl)cc1.I.